The number of amides is 2. The van der Waals surface area contributed by atoms with Gasteiger partial charge in [-0.1, -0.05) is 5.16 Å². The Bertz CT molecular complexity index is 1860. The molecule has 2 amide bonds. The summed E-state index contributed by atoms with van der Waals surface area (Å²) in [6.45, 7) is 3.87. The minimum Gasteiger partial charge on any atom is -0.485 e. The molecule has 1 aliphatic carbocycles. The Kier molecular flexibility index (Phi) is 10.4. The summed E-state index contributed by atoms with van der Waals surface area (Å²) in [4.78, 5) is 48.4. The number of ether oxygens (including phenoxy) is 1. The van der Waals surface area contributed by atoms with Gasteiger partial charge in [0.15, 0.2) is 16.9 Å². The van der Waals surface area contributed by atoms with Gasteiger partial charge in [0, 0.05) is 22.5 Å². The highest BCUT2D eigenvalue weighted by Gasteiger charge is 2.58. The number of aromatic nitrogens is 1. The second-order valence-corrected chi connectivity index (χ2v) is 15.4. The lowest BCUT2D eigenvalue weighted by Gasteiger charge is -2.50. The second-order valence-electron chi connectivity index (χ2n) is 13.5. The van der Waals surface area contributed by atoms with Gasteiger partial charge in [-0.25, -0.2) is 9.78 Å². The maximum absolute atomic E-state index is 13.5. The number of nitrogens with zero attached hydrogens (tertiary/aromatic N) is 3. The highest BCUT2D eigenvalue weighted by molar-refractivity contribution is 7.80. The number of aliphatic hydroxyl groups is 1. The molecule has 51 heavy (non-hydrogen) atoms. The van der Waals surface area contributed by atoms with Gasteiger partial charge in [-0.2, -0.15) is 13.5 Å². The Balaban J connectivity index is 1.30. The van der Waals surface area contributed by atoms with Gasteiger partial charge in [-0.05, 0) is 83.1 Å². The number of β-lactam (4-membered cyclic amide) rings is 1. The fourth-order valence-corrected chi connectivity index (χ4v) is 7.11. The molecule has 1 saturated carbocycles. The molecule has 0 radical (unpaired) electrons. The van der Waals surface area contributed by atoms with Crippen molar-refractivity contribution in [1.29, 1.82) is 5.41 Å². The third-order valence-electron chi connectivity index (χ3n) is 9.41. The summed E-state index contributed by atoms with van der Waals surface area (Å²) in [5, 5.41) is 39.7. The van der Waals surface area contributed by atoms with Gasteiger partial charge in [0.05, 0.1) is 12.1 Å². The van der Waals surface area contributed by atoms with Crippen molar-refractivity contribution < 1.29 is 51.4 Å². The number of aliphatic hydroxyl groups excluding tert-OH is 1. The van der Waals surface area contributed by atoms with Crippen molar-refractivity contribution in [2.75, 3.05) is 12.3 Å². The number of benzene rings is 1. The van der Waals surface area contributed by atoms with E-state index in [9.17, 15) is 33.0 Å². The van der Waals surface area contributed by atoms with E-state index in [1.165, 1.54) is 26.2 Å². The van der Waals surface area contributed by atoms with Gasteiger partial charge in [0.1, 0.15) is 23.3 Å². The van der Waals surface area contributed by atoms with E-state index in [0.717, 1.165) is 16.9 Å². The number of oxime groups is 1. The van der Waals surface area contributed by atoms with Crippen LogP contribution in [0.3, 0.4) is 0 Å². The van der Waals surface area contributed by atoms with Crippen LogP contribution in [0, 0.1) is 5.41 Å². The molecule has 5 rings (SSSR count). The number of carbonyl (C=O) groups is 3. The molecule has 3 unspecified atom stereocenters. The van der Waals surface area contributed by atoms with E-state index >= 15 is 0 Å². The lowest BCUT2D eigenvalue weighted by molar-refractivity contribution is -0.218. The van der Waals surface area contributed by atoms with Crippen LogP contribution >= 0.6 is 11.3 Å². The van der Waals surface area contributed by atoms with Gasteiger partial charge in [0.25, 0.3) is 17.4 Å². The van der Waals surface area contributed by atoms with Crippen molar-refractivity contribution in [3.63, 3.8) is 0 Å². The minimum absolute atomic E-state index is 0.0357. The van der Waals surface area contributed by atoms with E-state index in [1.54, 1.807) is 18.2 Å². The van der Waals surface area contributed by atoms with Gasteiger partial charge in [-0.15, -0.1) is 15.6 Å². The number of amidine groups is 1. The molecule has 1 aromatic carbocycles. The summed E-state index contributed by atoms with van der Waals surface area (Å²) in [6.07, 6.45) is 2.14. The Morgan fingerprint density at radius 2 is 1.94 bits per heavy atom. The standard InChI is InChI=1S/C30H40N8O11S2/c1-28(2)22(25(41)38(28)49-51(44,45)46)36-24(40)21(18-13-50-27(32)35-18)37-48-29(3,26(42)43)20-7-5-15-12-16(4-6-19(15)47-20)23(31)34-17-8-10-30(33,14-39)11-9-17/h4,6,12-13,17,20,22,39H,5,7-11,14,33H2,1-3H3,(H2,31,34)(H2,32,35)(H,36,40)(H,42,43)(H,44,45,46). The number of carbonyl (C=O) groups excluding carboxylic acids is 2. The lowest BCUT2D eigenvalue weighted by atomic mass is 9.80. The average molecular weight is 753 g/mol. The number of fused-ring (bicyclic) bond motifs is 1. The van der Waals surface area contributed by atoms with E-state index in [0.29, 0.717) is 48.5 Å². The van der Waals surface area contributed by atoms with Crippen molar-refractivity contribution in [1.82, 2.24) is 20.7 Å². The molecule has 3 aliphatic rings. The Morgan fingerprint density at radius 1 is 1.25 bits per heavy atom. The van der Waals surface area contributed by atoms with E-state index in [2.05, 4.69) is 25.1 Å². The summed E-state index contributed by atoms with van der Waals surface area (Å²) in [7, 11) is -5.04. The summed E-state index contributed by atoms with van der Waals surface area (Å²) in [6, 6.07) is 3.80. The topological polar surface area (TPSA) is 302 Å². The fraction of sp³-hybridized carbons (Fsp3) is 0.533. The highest BCUT2D eigenvalue weighted by Crippen LogP contribution is 2.36. The first kappa shape index (κ1) is 37.8. The molecule has 19 nitrogen and oxygen atoms in total. The van der Waals surface area contributed by atoms with E-state index in [4.69, 9.17) is 31.0 Å². The summed E-state index contributed by atoms with van der Waals surface area (Å²) in [5.74, 6) is -2.90. The van der Waals surface area contributed by atoms with Crippen LogP contribution in [-0.2, 0) is 40.3 Å². The molecule has 2 aromatic rings. The van der Waals surface area contributed by atoms with Gasteiger partial charge in [-0.3, -0.25) is 19.6 Å². The van der Waals surface area contributed by atoms with Crippen molar-refractivity contribution in [3.8, 4) is 5.75 Å². The number of aliphatic carboxylic acids is 1. The Labute approximate surface area is 296 Å². The third kappa shape index (κ3) is 7.92. The smallest absolute Gasteiger partial charge is 0.418 e. The minimum atomic E-state index is -5.04. The van der Waals surface area contributed by atoms with Crippen molar-refractivity contribution in [3.05, 3.63) is 40.4 Å². The van der Waals surface area contributed by atoms with Crippen LogP contribution in [0.15, 0.2) is 28.7 Å². The van der Waals surface area contributed by atoms with Crippen LogP contribution in [0.25, 0.3) is 0 Å². The van der Waals surface area contributed by atoms with Gasteiger partial charge in [0.2, 0.25) is 0 Å². The van der Waals surface area contributed by atoms with Crippen LogP contribution in [0.1, 0.15) is 69.7 Å². The number of anilines is 1. The number of thiazole rings is 1. The zero-order valence-electron chi connectivity index (χ0n) is 27.9. The number of aryl methyl sites for hydroxylation is 1. The molecule has 0 bridgehead atoms. The quantitative estimate of drug-likeness (QED) is 0.0468. The maximum atomic E-state index is 13.5. The number of hydrogen-bond acceptors (Lipinski definition) is 15. The summed E-state index contributed by atoms with van der Waals surface area (Å²) in [5.41, 5.74) is 8.47. The third-order valence-corrected chi connectivity index (χ3v) is 10.4. The van der Waals surface area contributed by atoms with Crippen LogP contribution in [0.2, 0.25) is 0 Å². The lowest BCUT2D eigenvalue weighted by Crippen LogP contribution is -2.76. The molecular formula is C30H40N8O11S2. The molecule has 2 aliphatic heterocycles. The first-order valence-electron chi connectivity index (χ1n) is 15.8. The molecule has 1 saturated heterocycles. The largest absolute Gasteiger partial charge is 0.485 e. The zero-order valence-corrected chi connectivity index (χ0v) is 29.5. The normalized spacial score (nSPS) is 25.8. The van der Waals surface area contributed by atoms with Crippen molar-refractivity contribution in [2.24, 2.45) is 10.9 Å². The first-order chi connectivity index (χ1) is 23.8. The summed E-state index contributed by atoms with van der Waals surface area (Å²) >= 11 is 0.955. The monoisotopic (exact) mass is 752 g/mol. The van der Waals surface area contributed by atoms with Crippen molar-refractivity contribution >= 4 is 56.2 Å². The van der Waals surface area contributed by atoms with Gasteiger partial charge < -0.3 is 41.9 Å². The zero-order chi connectivity index (χ0) is 37.5. The molecule has 3 atom stereocenters. The maximum Gasteiger partial charge on any atom is 0.418 e. The fourth-order valence-electron chi connectivity index (χ4n) is 6.11. The molecule has 0 spiro atoms. The van der Waals surface area contributed by atoms with Crippen LogP contribution < -0.4 is 26.8 Å². The van der Waals surface area contributed by atoms with Crippen molar-refractivity contribution in [2.45, 2.75) is 94.2 Å². The van der Waals surface area contributed by atoms with Crippen LogP contribution in [0.5, 0.6) is 5.75 Å². The molecule has 278 valence electrons. The van der Waals surface area contributed by atoms with Crippen LogP contribution in [0.4, 0.5) is 5.13 Å². The number of carboxylic acid groups (broad SMARTS) is 1. The summed E-state index contributed by atoms with van der Waals surface area (Å²) < 4.78 is 41.8. The Morgan fingerprint density at radius 3 is 2.51 bits per heavy atom. The number of hydroxylamine groups is 2. The number of nitrogen functional groups attached to an aromatic ring is 1. The predicted molar refractivity (Wildman–Crippen MR) is 181 cm³/mol. The molecular weight excluding hydrogens is 713 g/mol. The van der Waals surface area contributed by atoms with E-state index in [-0.39, 0.29) is 35.7 Å². The molecule has 10 N–H and O–H groups in total. The second kappa shape index (κ2) is 14.0. The van der Waals surface area contributed by atoms with E-state index in [1.807, 2.05) is 0 Å². The molecule has 21 heteroatoms. The van der Waals surface area contributed by atoms with E-state index < -0.39 is 62.7 Å². The number of nitrogens with two attached hydrogens (primary N) is 2. The SMILES string of the molecule is CC(ON=C(C(=O)NC1C(=O)N(OS(=O)(=O)O)C1(C)C)c1csc(N)n1)(C(=O)O)C1CCc2cc(C(=N)NC3CCC(N)(CO)CC3)ccc2O1. The number of carboxylic acids is 1. The Hall–Kier alpha value is -4.41. The highest BCUT2D eigenvalue weighted by atomic mass is 32.3. The number of hydrogen-bond donors (Lipinski definition) is 8. The average Bonchev–Trinajstić information content (AvgIpc) is 3.51. The number of rotatable bonds is 12. The predicted octanol–water partition coefficient (Wildman–Crippen LogP) is 0.0705. The van der Waals surface area contributed by atoms with Gasteiger partial charge >= 0.3 is 16.4 Å². The molecule has 1 aromatic heterocycles. The molecule has 2 fully saturated rings. The van der Waals surface area contributed by atoms with Crippen LogP contribution in [-0.4, -0.2) is 104 Å². The first-order valence-corrected chi connectivity index (χ1v) is 18.1. The molecule has 3 heterocycles. The number of nitrogens with one attached hydrogen (secondary N) is 3.